The van der Waals surface area contributed by atoms with Crippen molar-refractivity contribution in [2.45, 2.75) is 6.42 Å². The first kappa shape index (κ1) is 16.3. The van der Waals surface area contributed by atoms with Gasteiger partial charge in [0.25, 0.3) is 0 Å². The van der Waals surface area contributed by atoms with Crippen molar-refractivity contribution in [3.05, 3.63) is 69.4 Å². The van der Waals surface area contributed by atoms with Crippen molar-refractivity contribution in [1.29, 1.82) is 0 Å². The lowest BCUT2D eigenvalue weighted by molar-refractivity contribution is 1.20. The Hall–Kier alpha value is -0.730. The zero-order chi connectivity index (χ0) is 13.0. The van der Waals surface area contributed by atoms with Gasteiger partial charge in [-0.2, -0.15) is 0 Å². The molecule has 2 aromatic rings. The van der Waals surface area contributed by atoms with Gasteiger partial charge >= 0.3 is 0 Å². The molecular weight excluding hydrogens is 324 g/mol. The minimum atomic E-state index is 0. The van der Waals surface area contributed by atoms with Gasteiger partial charge in [0.15, 0.2) is 0 Å². The Morgan fingerprint density at radius 3 is 2.58 bits per heavy atom. The van der Waals surface area contributed by atoms with Crippen LogP contribution in [0.3, 0.4) is 0 Å². The number of pyridine rings is 1. The zero-order valence-corrected chi connectivity index (χ0v) is 12.9. The Morgan fingerprint density at radius 1 is 1.21 bits per heavy atom. The Bertz CT molecular complexity index is 567. The Kier molecular flexibility index (Phi) is 6.67. The number of hydrogen-bond acceptors (Lipinski definition) is 1. The van der Waals surface area contributed by atoms with Gasteiger partial charge < -0.3 is 0 Å². The molecule has 0 amide bonds. The molecule has 0 radical (unpaired) electrons. The second-order valence-corrected chi connectivity index (χ2v) is 4.86. The van der Waals surface area contributed by atoms with Crippen molar-refractivity contribution in [3.63, 3.8) is 0 Å². The monoisotopic (exact) mass is 333 g/mol. The lowest BCUT2D eigenvalue weighted by Crippen LogP contribution is -1.92. The van der Waals surface area contributed by atoms with Gasteiger partial charge in [-0.3, -0.25) is 4.98 Å². The molecule has 100 valence electrons. The van der Waals surface area contributed by atoms with E-state index in [9.17, 15) is 0 Å². The van der Waals surface area contributed by atoms with Crippen LogP contribution in [0.5, 0.6) is 0 Å². The number of halogens is 4. The van der Waals surface area contributed by atoms with Crippen LogP contribution in [0.1, 0.15) is 11.1 Å². The summed E-state index contributed by atoms with van der Waals surface area (Å²) < 4.78 is 0. The van der Waals surface area contributed by atoms with Crippen molar-refractivity contribution < 1.29 is 0 Å². The fourth-order valence-electron chi connectivity index (χ4n) is 1.67. The molecule has 1 aromatic carbocycles. The molecule has 1 heterocycles. The number of benzene rings is 1. The summed E-state index contributed by atoms with van der Waals surface area (Å²) in [6.45, 7) is 0. The number of nitrogens with zero attached hydrogens (tertiary/aromatic N) is 1. The van der Waals surface area contributed by atoms with Gasteiger partial charge in [0, 0.05) is 34.4 Å². The highest BCUT2D eigenvalue weighted by Crippen LogP contribution is 2.29. The van der Waals surface area contributed by atoms with E-state index in [1.807, 2.05) is 24.4 Å². The van der Waals surface area contributed by atoms with E-state index < -0.39 is 0 Å². The summed E-state index contributed by atoms with van der Waals surface area (Å²) in [7, 11) is 0. The summed E-state index contributed by atoms with van der Waals surface area (Å²) in [5, 5.41) is 1.21. The summed E-state index contributed by atoms with van der Waals surface area (Å²) in [6.07, 6.45) is 4.23. The maximum atomic E-state index is 6.17. The predicted octanol–water partition coefficient (Wildman–Crippen LogP) is 5.63. The van der Waals surface area contributed by atoms with Crippen molar-refractivity contribution in [2.24, 2.45) is 0 Å². The third kappa shape index (κ3) is 4.39. The summed E-state index contributed by atoms with van der Waals surface area (Å²) >= 11 is 17.9. The average Bonchev–Trinajstić information content (AvgIpc) is 2.38. The first-order chi connectivity index (χ1) is 8.70. The second-order valence-electron chi connectivity index (χ2n) is 3.80. The van der Waals surface area contributed by atoms with Crippen LogP contribution in [0.25, 0.3) is 5.57 Å². The number of allylic oxidation sites excluding steroid dienone is 1. The highest BCUT2D eigenvalue weighted by Gasteiger charge is 2.08. The van der Waals surface area contributed by atoms with Crippen LogP contribution in [0.15, 0.2) is 48.3 Å². The van der Waals surface area contributed by atoms with Crippen LogP contribution in [0, 0.1) is 0 Å². The molecule has 0 saturated heterocycles. The molecule has 0 aliphatic rings. The van der Waals surface area contributed by atoms with Crippen molar-refractivity contribution in [1.82, 2.24) is 4.98 Å². The largest absolute Gasteiger partial charge is 0.264 e. The maximum absolute atomic E-state index is 6.17. The summed E-state index contributed by atoms with van der Waals surface area (Å²) in [5.74, 6) is 0. The van der Waals surface area contributed by atoms with Crippen LogP contribution in [0.2, 0.25) is 10.0 Å². The molecular formula is C14H11Cl4N. The van der Waals surface area contributed by atoms with Crippen molar-refractivity contribution >= 4 is 52.8 Å². The lowest BCUT2D eigenvalue weighted by Gasteiger charge is -2.09. The average molecular weight is 335 g/mol. The fraction of sp³-hybridized carbons (Fsp3) is 0.0714. The van der Waals surface area contributed by atoms with Gasteiger partial charge in [-0.1, -0.05) is 46.9 Å². The molecule has 2 rings (SSSR count). The molecule has 19 heavy (non-hydrogen) atoms. The minimum absolute atomic E-state index is 0. The lowest BCUT2D eigenvalue weighted by atomic mass is 10.0. The Labute approximate surface area is 133 Å². The standard InChI is InChI=1S/C14H10Cl3N.ClH/c15-8-11(6-10-2-1-5-18-9-10)13-4-3-12(16)7-14(13)17;/h1-5,7-9H,6H2;1H. The van der Waals surface area contributed by atoms with Crippen LogP contribution < -0.4 is 0 Å². The predicted molar refractivity (Wildman–Crippen MR) is 85.5 cm³/mol. The van der Waals surface area contributed by atoms with E-state index in [2.05, 4.69) is 4.98 Å². The highest BCUT2D eigenvalue weighted by atomic mass is 35.5. The molecule has 1 nitrogen and oxygen atoms in total. The second kappa shape index (κ2) is 7.76. The van der Waals surface area contributed by atoms with Gasteiger partial charge in [0.2, 0.25) is 0 Å². The smallest absolute Gasteiger partial charge is 0.0496 e. The first-order valence-electron chi connectivity index (χ1n) is 5.34. The number of rotatable bonds is 3. The molecule has 0 atom stereocenters. The number of aromatic nitrogens is 1. The van der Waals surface area contributed by atoms with Crippen LogP contribution in [-0.2, 0) is 6.42 Å². The highest BCUT2D eigenvalue weighted by molar-refractivity contribution is 6.36. The SMILES string of the molecule is Cl.ClC=C(Cc1cccnc1)c1ccc(Cl)cc1Cl. The number of hydrogen-bond donors (Lipinski definition) is 0. The van der Waals surface area contributed by atoms with Gasteiger partial charge in [-0.05, 0) is 34.9 Å². The zero-order valence-electron chi connectivity index (χ0n) is 9.82. The van der Waals surface area contributed by atoms with Gasteiger partial charge in [-0.25, -0.2) is 0 Å². The molecule has 0 fully saturated rings. The first-order valence-corrected chi connectivity index (χ1v) is 6.53. The third-order valence-electron chi connectivity index (χ3n) is 2.53. The van der Waals surface area contributed by atoms with Crippen molar-refractivity contribution in [2.75, 3.05) is 0 Å². The quantitative estimate of drug-likeness (QED) is 0.708. The van der Waals surface area contributed by atoms with E-state index in [0.29, 0.717) is 16.5 Å². The van der Waals surface area contributed by atoms with E-state index in [1.165, 1.54) is 0 Å². The molecule has 0 aliphatic heterocycles. The van der Waals surface area contributed by atoms with E-state index in [0.717, 1.165) is 16.7 Å². The van der Waals surface area contributed by atoms with Gasteiger partial charge in [-0.15, -0.1) is 12.4 Å². The van der Waals surface area contributed by atoms with Gasteiger partial charge in [0.1, 0.15) is 0 Å². The minimum Gasteiger partial charge on any atom is -0.264 e. The van der Waals surface area contributed by atoms with E-state index in [1.54, 1.807) is 23.9 Å². The molecule has 0 unspecified atom stereocenters. The molecule has 0 spiro atoms. The van der Waals surface area contributed by atoms with Gasteiger partial charge in [0.05, 0.1) is 0 Å². The van der Waals surface area contributed by atoms with Crippen LogP contribution >= 0.6 is 47.2 Å². The normalized spacial score (nSPS) is 11.0. The molecule has 0 bridgehead atoms. The summed E-state index contributed by atoms with van der Waals surface area (Å²) in [5.41, 5.74) is 4.45. The summed E-state index contributed by atoms with van der Waals surface area (Å²) in [4.78, 5) is 4.08. The van der Waals surface area contributed by atoms with E-state index >= 15 is 0 Å². The molecule has 5 heteroatoms. The molecule has 1 aromatic heterocycles. The Balaban J connectivity index is 0.00000180. The maximum Gasteiger partial charge on any atom is 0.0496 e. The van der Waals surface area contributed by atoms with Crippen LogP contribution in [0.4, 0.5) is 0 Å². The molecule has 0 N–H and O–H groups in total. The Morgan fingerprint density at radius 2 is 2.00 bits per heavy atom. The van der Waals surface area contributed by atoms with E-state index in [-0.39, 0.29) is 12.4 Å². The van der Waals surface area contributed by atoms with E-state index in [4.69, 9.17) is 34.8 Å². The molecule has 0 aliphatic carbocycles. The molecule has 0 saturated carbocycles. The topological polar surface area (TPSA) is 12.9 Å². The van der Waals surface area contributed by atoms with Crippen LogP contribution in [-0.4, -0.2) is 4.98 Å². The summed E-state index contributed by atoms with van der Waals surface area (Å²) in [6, 6.07) is 9.27. The third-order valence-corrected chi connectivity index (χ3v) is 3.34. The van der Waals surface area contributed by atoms with Crippen molar-refractivity contribution in [3.8, 4) is 0 Å². The fourth-order valence-corrected chi connectivity index (χ4v) is 2.39.